The van der Waals surface area contributed by atoms with E-state index in [4.69, 9.17) is 14.2 Å². The van der Waals surface area contributed by atoms with E-state index in [1.165, 1.54) is 0 Å². The quantitative estimate of drug-likeness (QED) is 0.443. The molecule has 0 aliphatic rings. The fraction of sp³-hybridized carbons (Fsp3) is 0.941. The van der Waals surface area contributed by atoms with Gasteiger partial charge < -0.3 is 19.5 Å². The van der Waals surface area contributed by atoms with Crippen molar-refractivity contribution in [3.05, 3.63) is 0 Å². The van der Waals surface area contributed by atoms with Gasteiger partial charge >= 0.3 is 0 Å². The second kappa shape index (κ2) is 14.1. The SMILES string of the molecule is CCCCOCCOCCOCCCNC(C)(CC)C(C)=O. The van der Waals surface area contributed by atoms with Gasteiger partial charge in [0.25, 0.3) is 0 Å². The van der Waals surface area contributed by atoms with Gasteiger partial charge in [-0.05, 0) is 39.7 Å². The van der Waals surface area contributed by atoms with Crippen LogP contribution in [0.5, 0.6) is 0 Å². The fourth-order valence-electron chi connectivity index (χ4n) is 1.83. The normalized spacial score (nSPS) is 14.0. The van der Waals surface area contributed by atoms with E-state index in [1.54, 1.807) is 6.92 Å². The minimum Gasteiger partial charge on any atom is -0.379 e. The molecule has 1 N–H and O–H groups in total. The van der Waals surface area contributed by atoms with Crippen molar-refractivity contribution in [2.45, 2.75) is 58.9 Å². The minimum atomic E-state index is -0.402. The van der Waals surface area contributed by atoms with Crippen LogP contribution in [0.2, 0.25) is 0 Å². The molecule has 1 atom stereocenters. The third-order valence-electron chi connectivity index (χ3n) is 3.85. The van der Waals surface area contributed by atoms with Gasteiger partial charge in [-0.2, -0.15) is 0 Å². The molecule has 0 aromatic rings. The summed E-state index contributed by atoms with van der Waals surface area (Å²) in [6.07, 6.45) is 3.96. The summed E-state index contributed by atoms with van der Waals surface area (Å²) >= 11 is 0. The van der Waals surface area contributed by atoms with Gasteiger partial charge in [0.15, 0.2) is 0 Å². The molecule has 0 aromatic heterocycles. The molecule has 0 amide bonds. The van der Waals surface area contributed by atoms with Crippen LogP contribution in [0, 0.1) is 0 Å². The highest BCUT2D eigenvalue weighted by Gasteiger charge is 2.25. The Labute approximate surface area is 136 Å². The molecule has 0 fully saturated rings. The van der Waals surface area contributed by atoms with Crippen molar-refractivity contribution in [2.75, 3.05) is 46.2 Å². The molecule has 0 saturated carbocycles. The van der Waals surface area contributed by atoms with Gasteiger partial charge in [-0.15, -0.1) is 0 Å². The Morgan fingerprint density at radius 2 is 1.41 bits per heavy atom. The predicted molar refractivity (Wildman–Crippen MR) is 89.4 cm³/mol. The lowest BCUT2D eigenvalue weighted by Crippen LogP contribution is -2.48. The summed E-state index contributed by atoms with van der Waals surface area (Å²) in [6.45, 7) is 12.5. The first-order chi connectivity index (χ1) is 10.6. The highest BCUT2D eigenvalue weighted by Crippen LogP contribution is 2.09. The molecule has 132 valence electrons. The van der Waals surface area contributed by atoms with Gasteiger partial charge in [-0.3, -0.25) is 4.79 Å². The molecular weight excluding hydrogens is 282 g/mol. The van der Waals surface area contributed by atoms with E-state index in [2.05, 4.69) is 12.2 Å². The molecule has 0 aliphatic heterocycles. The second-order valence-corrected chi connectivity index (χ2v) is 5.71. The topological polar surface area (TPSA) is 56.8 Å². The van der Waals surface area contributed by atoms with Crippen LogP contribution in [0.15, 0.2) is 0 Å². The summed E-state index contributed by atoms with van der Waals surface area (Å²) in [6, 6.07) is 0. The summed E-state index contributed by atoms with van der Waals surface area (Å²) in [5, 5.41) is 3.30. The highest BCUT2D eigenvalue weighted by atomic mass is 16.5. The van der Waals surface area contributed by atoms with Crippen molar-refractivity contribution in [2.24, 2.45) is 0 Å². The maximum absolute atomic E-state index is 11.5. The van der Waals surface area contributed by atoms with Crippen molar-refractivity contribution >= 4 is 5.78 Å². The van der Waals surface area contributed by atoms with Gasteiger partial charge in [0.2, 0.25) is 0 Å². The van der Waals surface area contributed by atoms with Gasteiger partial charge in [0.1, 0.15) is 5.78 Å². The van der Waals surface area contributed by atoms with Crippen LogP contribution in [-0.4, -0.2) is 57.5 Å². The molecule has 0 saturated heterocycles. The van der Waals surface area contributed by atoms with Crippen LogP contribution in [0.25, 0.3) is 0 Å². The summed E-state index contributed by atoms with van der Waals surface area (Å²) in [4.78, 5) is 11.5. The largest absolute Gasteiger partial charge is 0.379 e. The van der Waals surface area contributed by atoms with E-state index in [1.807, 2.05) is 13.8 Å². The smallest absolute Gasteiger partial charge is 0.149 e. The third-order valence-corrected chi connectivity index (χ3v) is 3.85. The van der Waals surface area contributed by atoms with Gasteiger partial charge in [0, 0.05) is 13.2 Å². The molecule has 0 radical (unpaired) electrons. The average Bonchev–Trinajstić information content (AvgIpc) is 2.51. The first kappa shape index (κ1) is 21.5. The molecule has 5 heteroatoms. The van der Waals surface area contributed by atoms with Crippen LogP contribution < -0.4 is 5.32 Å². The molecule has 5 nitrogen and oxygen atoms in total. The van der Waals surface area contributed by atoms with Crippen LogP contribution in [0.1, 0.15) is 53.4 Å². The number of unbranched alkanes of at least 4 members (excludes halogenated alkanes) is 1. The molecule has 0 aliphatic carbocycles. The lowest BCUT2D eigenvalue weighted by atomic mass is 9.94. The zero-order valence-corrected chi connectivity index (χ0v) is 14.9. The fourth-order valence-corrected chi connectivity index (χ4v) is 1.83. The summed E-state index contributed by atoms with van der Waals surface area (Å²) in [5.41, 5.74) is -0.402. The standard InChI is InChI=1S/C17H35NO4/c1-5-7-10-20-12-14-22-15-13-21-11-8-9-18-17(4,6-2)16(3)19/h18H,5-15H2,1-4H3. The zero-order chi connectivity index (χ0) is 16.7. The van der Waals surface area contributed by atoms with E-state index in [-0.39, 0.29) is 5.78 Å². The highest BCUT2D eigenvalue weighted by molar-refractivity contribution is 5.85. The first-order valence-electron chi connectivity index (χ1n) is 8.56. The van der Waals surface area contributed by atoms with E-state index in [9.17, 15) is 4.79 Å². The number of ether oxygens (including phenoxy) is 3. The molecule has 1 unspecified atom stereocenters. The Morgan fingerprint density at radius 3 is 1.86 bits per heavy atom. The molecule has 0 rings (SSSR count). The lowest BCUT2D eigenvalue weighted by molar-refractivity contribution is -0.122. The third kappa shape index (κ3) is 11.1. The lowest BCUT2D eigenvalue weighted by Gasteiger charge is -2.26. The van der Waals surface area contributed by atoms with Crippen molar-refractivity contribution in [3.63, 3.8) is 0 Å². The van der Waals surface area contributed by atoms with E-state index in [0.29, 0.717) is 33.0 Å². The summed E-state index contributed by atoms with van der Waals surface area (Å²) < 4.78 is 16.3. The molecule has 22 heavy (non-hydrogen) atoms. The van der Waals surface area contributed by atoms with E-state index < -0.39 is 5.54 Å². The number of carbonyl (C=O) groups excluding carboxylic acids is 1. The minimum absolute atomic E-state index is 0.186. The number of ketones is 1. The summed E-state index contributed by atoms with van der Waals surface area (Å²) in [7, 11) is 0. The summed E-state index contributed by atoms with van der Waals surface area (Å²) in [5.74, 6) is 0.186. The Morgan fingerprint density at radius 1 is 0.909 bits per heavy atom. The van der Waals surface area contributed by atoms with Crippen molar-refractivity contribution in [1.82, 2.24) is 5.32 Å². The number of rotatable bonds is 16. The molecule has 0 spiro atoms. The van der Waals surface area contributed by atoms with E-state index in [0.717, 1.165) is 38.8 Å². The Hall–Kier alpha value is -0.490. The number of hydrogen-bond acceptors (Lipinski definition) is 5. The van der Waals surface area contributed by atoms with Crippen LogP contribution in [-0.2, 0) is 19.0 Å². The maximum Gasteiger partial charge on any atom is 0.149 e. The molecule has 0 bridgehead atoms. The number of Topliss-reactive ketones (excluding diaryl/α,β-unsaturated/α-hetero) is 1. The predicted octanol–water partition coefficient (Wildman–Crippen LogP) is 2.57. The number of nitrogens with one attached hydrogen (secondary N) is 1. The zero-order valence-electron chi connectivity index (χ0n) is 14.9. The Balaban J connectivity index is 3.29. The van der Waals surface area contributed by atoms with Crippen LogP contribution >= 0.6 is 0 Å². The second-order valence-electron chi connectivity index (χ2n) is 5.71. The van der Waals surface area contributed by atoms with Crippen LogP contribution in [0.4, 0.5) is 0 Å². The van der Waals surface area contributed by atoms with Crippen molar-refractivity contribution in [3.8, 4) is 0 Å². The Bertz CT molecular complexity index is 273. The van der Waals surface area contributed by atoms with Crippen molar-refractivity contribution in [1.29, 1.82) is 0 Å². The van der Waals surface area contributed by atoms with Crippen LogP contribution in [0.3, 0.4) is 0 Å². The van der Waals surface area contributed by atoms with E-state index >= 15 is 0 Å². The number of hydrogen-bond donors (Lipinski definition) is 1. The molecule has 0 heterocycles. The maximum atomic E-state index is 11.5. The first-order valence-corrected chi connectivity index (χ1v) is 8.56. The van der Waals surface area contributed by atoms with Gasteiger partial charge in [-0.1, -0.05) is 20.3 Å². The van der Waals surface area contributed by atoms with Gasteiger partial charge in [-0.25, -0.2) is 0 Å². The molecule has 0 aromatic carbocycles. The Kier molecular flexibility index (Phi) is 13.8. The van der Waals surface area contributed by atoms with Crippen molar-refractivity contribution < 1.29 is 19.0 Å². The molecular formula is C17H35NO4. The average molecular weight is 317 g/mol. The monoisotopic (exact) mass is 317 g/mol. The van der Waals surface area contributed by atoms with Gasteiger partial charge in [0.05, 0.1) is 32.0 Å². The number of carbonyl (C=O) groups is 1.